The molecule has 1 atom stereocenters. The first kappa shape index (κ1) is 13.7. The number of nitrogens with zero attached hydrogens (tertiary/aromatic N) is 2. The number of rotatable bonds is 3. The van der Waals surface area contributed by atoms with E-state index in [0.717, 1.165) is 10.9 Å². The molecule has 108 valence electrons. The number of hydrogen-bond acceptors (Lipinski definition) is 4. The van der Waals surface area contributed by atoms with Crippen molar-refractivity contribution in [3.8, 4) is 11.4 Å². The van der Waals surface area contributed by atoms with Crippen LogP contribution in [0.15, 0.2) is 40.9 Å². The van der Waals surface area contributed by atoms with Crippen molar-refractivity contribution in [2.24, 2.45) is 5.73 Å². The van der Waals surface area contributed by atoms with E-state index in [1.54, 1.807) is 18.2 Å². The third-order valence-electron chi connectivity index (χ3n) is 3.76. The molecule has 2 N–H and O–H groups in total. The average Bonchev–Trinajstić information content (AvgIpc) is 2.98. The van der Waals surface area contributed by atoms with E-state index in [2.05, 4.69) is 10.1 Å². The molecule has 0 bridgehead atoms. The predicted molar refractivity (Wildman–Crippen MR) is 79.0 cm³/mol. The largest absolute Gasteiger partial charge is 0.337 e. The van der Waals surface area contributed by atoms with Gasteiger partial charge in [-0.25, -0.2) is 4.39 Å². The Labute approximate surface area is 121 Å². The van der Waals surface area contributed by atoms with E-state index >= 15 is 0 Å². The maximum absolute atomic E-state index is 13.8. The number of nitrogens with two attached hydrogens (primary N) is 1. The van der Waals surface area contributed by atoms with Gasteiger partial charge in [0.2, 0.25) is 11.7 Å². The highest BCUT2D eigenvalue weighted by Gasteiger charge is 2.26. The van der Waals surface area contributed by atoms with E-state index in [0.29, 0.717) is 23.5 Å². The van der Waals surface area contributed by atoms with E-state index < -0.39 is 5.54 Å². The Balaban J connectivity index is 2.16. The SMILES string of the molecule is CCC(C)(N)c1nc(-c2ccc(F)c3ccccc23)no1. The fraction of sp³-hybridized carbons (Fsp3) is 0.250. The van der Waals surface area contributed by atoms with Gasteiger partial charge < -0.3 is 10.3 Å². The van der Waals surface area contributed by atoms with Crippen LogP contribution in [0.5, 0.6) is 0 Å². The first-order valence-corrected chi connectivity index (χ1v) is 6.83. The summed E-state index contributed by atoms with van der Waals surface area (Å²) in [6.45, 7) is 3.80. The number of fused-ring (bicyclic) bond motifs is 1. The molecular formula is C16H16FN3O. The monoisotopic (exact) mass is 285 g/mol. The summed E-state index contributed by atoms with van der Waals surface area (Å²) >= 11 is 0. The van der Waals surface area contributed by atoms with Crippen LogP contribution in [0.4, 0.5) is 4.39 Å². The summed E-state index contributed by atoms with van der Waals surface area (Å²) in [5, 5.41) is 5.28. The second-order valence-electron chi connectivity index (χ2n) is 5.33. The average molecular weight is 285 g/mol. The van der Waals surface area contributed by atoms with Crippen LogP contribution in [0.2, 0.25) is 0 Å². The van der Waals surface area contributed by atoms with Crippen molar-refractivity contribution in [2.75, 3.05) is 0 Å². The normalized spacial score (nSPS) is 14.3. The molecule has 5 heteroatoms. The fourth-order valence-corrected chi connectivity index (χ4v) is 2.17. The zero-order chi connectivity index (χ0) is 15.0. The van der Waals surface area contributed by atoms with Crippen molar-refractivity contribution in [3.63, 3.8) is 0 Å². The summed E-state index contributed by atoms with van der Waals surface area (Å²) in [5.74, 6) is 0.537. The second kappa shape index (κ2) is 4.93. The maximum atomic E-state index is 13.8. The Bertz CT molecular complexity index is 795. The number of halogens is 1. The molecule has 4 nitrogen and oxygen atoms in total. The number of aromatic nitrogens is 2. The van der Waals surface area contributed by atoms with Crippen LogP contribution in [0.3, 0.4) is 0 Å². The smallest absolute Gasteiger partial charge is 0.246 e. The highest BCUT2D eigenvalue weighted by Crippen LogP contribution is 2.30. The van der Waals surface area contributed by atoms with E-state index in [4.69, 9.17) is 10.3 Å². The molecule has 1 heterocycles. The number of benzene rings is 2. The minimum atomic E-state index is -0.666. The van der Waals surface area contributed by atoms with Gasteiger partial charge in [-0.15, -0.1) is 0 Å². The third-order valence-corrected chi connectivity index (χ3v) is 3.76. The molecule has 2 aromatic carbocycles. The molecule has 0 saturated carbocycles. The van der Waals surface area contributed by atoms with Crippen molar-refractivity contribution in [1.29, 1.82) is 0 Å². The van der Waals surface area contributed by atoms with Crippen LogP contribution >= 0.6 is 0 Å². The standard InChI is InChI=1S/C16H16FN3O/c1-3-16(2,18)15-19-14(20-21-15)12-8-9-13(17)11-7-5-4-6-10(11)12/h4-9H,3,18H2,1-2H3. The van der Waals surface area contributed by atoms with Gasteiger partial charge in [-0.2, -0.15) is 4.98 Å². The zero-order valence-corrected chi connectivity index (χ0v) is 11.9. The Hall–Kier alpha value is -2.27. The molecule has 21 heavy (non-hydrogen) atoms. The summed E-state index contributed by atoms with van der Waals surface area (Å²) in [7, 11) is 0. The van der Waals surface area contributed by atoms with E-state index in [-0.39, 0.29) is 5.82 Å². The van der Waals surface area contributed by atoms with E-state index in [9.17, 15) is 4.39 Å². The lowest BCUT2D eigenvalue weighted by Crippen LogP contribution is -2.32. The van der Waals surface area contributed by atoms with Crippen LogP contribution in [0, 0.1) is 5.82 Å². The van der Waals surface area contributed by atoms with Crippen LogP contribution in [0.1, 0.15) is 26.2 Å². The van der Waals surface area contributed by atoms with Crippen LogP contribution in [-0.4, -0.2) is 10.1 Å². The quantitative estimate of drug-likeness (QED) is 0.798. The predicted octanol–water partition coefficient (Wildman–Crippen LogP) is 3.61. The molecular weight excluding hydrogens is 269 g/mol. The molecule has 3 aromatic rings. The van der Waals surface area contributed by atoms with E-state index in [1.807, 2.05) is 26.0 Å². The molecule has 0 aliphatic carbocycles. The van der Waals surface area contributed by atoms with Gasteiger partial charge in [0.15, 0.2) is 0 Å². The maximum Gasteiger partial charge on any atom is 0.246 e. The lowest BCUT2D eigenvalue weighted by molar-refractivity contribution is 0.291. The van der Waals surface area contributed by atoms with Crippen LogP contribution < -0.4 is 5.73 Å². The lowest BCUT2D eigenvalue weighted by Gasteiger charge is -2.16. The summed E-state index contributed by atoms with van der Waals surface area (Å²) < 4.78 is 19.1. The van der Waals surface area contributed by atoms with Gasteiger partial charge in [0.1, 0.15) is 5.82 Å². The highest BCUT2D eigenvalue weighted by molar-refractivity contribution is 5.95. The molecule has 3 rings (SSSR count). The molecule has 1 unspecified atom stereocenters. The van der Waals surface area contributed by atoms with Crippen LogP contribution in [-0.2, 0) is 5.54 Å². The third kappa shape index (κ3) is 2.29. The van der Waals surface area contributed by atoms with Gasteiger partial charge in [-0.05, 0) is 30.9 Å². The minimum absolute atomic E-state index is 0.268. The Kier molecular flexibility index (Phi) is 3.22. The molecule has 0 aliphatic rings. The molecule has 0 spiro atoms. The van der Waals surface area contributed by atoms with Crippen molar-refractivity contribution in [1.82, 2.24) is 10.1 Å². The topological polar surface area (TPSA) is 64.9 Å². The van der Waals surface area contributed by atoms with Crippen molar-refractivity contribution in [2.45, 2.75) is 25.8 Å². The molecule has 0 saturated heterocycles. The molecule has 0 aliphatic heterocycles. The number of hydrogen-bond donors (Lipinski definition) is 1. The molecule has 0 amide bonds. The summed E-state index contributed by atoms with van der Waals surface area (Å²) in [6, 6.07) is 10.3. The van der Waals surface area contributed by atoms with Gasteiger partial charge >= 0.3 is 0 Å². The van der Waals surface area contributed by atoms with E-state index in [1.165, 1.54) is 6.07 Å². The summed E-state index contributed by atoms with van der Waals surface area (Å²) in [6.07, 6.45) is 0.679. The Morgan fingerprint density at radius 1 is 1.19 bits per heavy atom. The Morgan fingerprint density at radius 2 is 1.90 bits per heavy atom. The first-order valence-electron chi connectivity index (χ1n) is 6.83. The van der Waals surface area contributed by atoms with Gasteiger partial charge in [-0.1, -0.05) is 36.3 Å². The minimum Gasteiger partial charge on any atom is -0.337 e. The van der Waals surface area contributed by atoms with Crippen molar-refractivity contribution >= 4 is 10.8 Å². The lowest BCUT2D eigenvalue weighted by atomic mass is 10.0. The summed E-state index contributed by atoms with van der Waals surface area (Å²) in [4.78, 5) is 4.38. The van der Waals surface area contributed by atoms with Crippen molar-refractivity contribution in [3.05, 3.63) is 48.1 Å². The van der Waals surface area contributed by atoms with Gasteiger partial charge in [-0.3, -0.25) is 0 Å². The van der Waals surface area contributed by atoms with Gasteiger partial charge in [0.05, 0.1) is 5.54 Å². The zero-order valence-electron chi connectivity index (χ0n) is 11.9. The van der Waals surface area contributed by atoms with Crippen molar-refractivity contribution < 1.29 is 8.91 Å². The van der Waals surface area contributed by atoms with Crippen LogP contribution in [0.25, 0.3) is 22.2 Å². The molecule has 1 aromatic heterocycles. The van der Waals surface area contributed by atoms with Gasteiger partial charge in [0, 0.05) is 10.9 Å². The first-order chi connectivity index (χ1) is 10.0. The van der Waals surface area contributed by atoms with Gasteiger partial charge in [0.25, 0.3) is 0 Å². The highest BCUT2D eigenvalue weighted by atomic mass is 19.1. The second-order valence-corrected chi connectivity index (χ2v) is 5.33. The molecule has 0 radical (unpaired) electrons. The fourth-order valence-electron chi connectivity index (χ4n) is 2.17. The molecule has 0 fully saturated rings. The Morgan fingerprint density at radius 3 is 2.62 bits per heavy atom. The summed E-state index contributed by atoms with van der Waals surface area (Å²) in [5.41, 5.74) is 6.17.